The molecule has 0 aliphatic carbocycles. The number of carbonyl (C=O) groups excluding carboxylic acids is 2. The summed E-state index contributed by atoms with van der Waals surface area (Å²) in [6.07, 6.45) is 1.98. The maximum absolute atomic E-state index is 13.3. The van der Waals surface area contributed by atoms with E-state index in [4.69, 9.17) is 4.74 Å². The van der Waals surface area contributed by atoms with Crippen molar-refractivity contribution in [3.8, 4) is 5.75 Å². The lowest BCUT2D eigenvalue weighted by Gasteiger charge is -2.25. The van der Waals surface area contributed by atoms with Gasteiger partial charge < -0.3 is 14.2 Å². The van der Waals surface area contributed by atoms with Crippen molar-refractivity contribution in [2.75, 3.05) is 20.2 Å². The van der Waals surface area contributed by atoms with Gasteiger partial charge in [0.15, 0.2) is 5.78 Å². The fourth-order valence-electron chi connectivity index (χ4n) is 3.66. The number of rotatable bonds is 10. The van der Waals surface area contributed by atoms with Crippen LogP contribution in [0.15, 0.2) is 18.2 Å². The van der Waals surface area contributed by atoms with Crippen molar-refractivity contribution in [2.45, 2.75) is 60.9 Å². The van der Waals surface area contributed by atoms with E-state index in [2.05, 4.69) is 27.7 Å². The first kappa shape index (κ1) is 23.0. The third-order valence-electron chi connectivity index (χ3n) is 5.48. The zero-order valence-corrected chi connectivity index (χ0v) is 19.0. The molecule has 0 bridgehead atoms. The predicted molar refractivity (Wildman–Crippen MR) is 119 cm³/mol. The molecule has 0 unspecified atom stereocenters. The monoisotopic (exact) mass is 400 g/mol. The summed E-state index contributed by atoms with van der Waals surface area (Å²) < 4.78 is 7.34. The molecule has 0 spiro atoms. The van der Waals surface area contributed by atoms with Crippen LogP contribution >= 0.6 is 0 Å². The summed E-state index contributed by atoms with van der Waals surface area (Å²) >= 11 is 0. The highest BCUT2D eigenvalue weighted by molar-refractivity contribution is 6.09. The molecule has 5 nitrogen and oxygen atoms in total. The topological polar surface area (TPSA) is 51.5 Å². The summed E-state index contributed by atoms with van der Waals surface area (Å²) in [5.41, 5.74) is 2.39. The molecule has 160 valence electrons. The van der Waals surface area contributed by atoms with Crippen LogP contribution in [-0.2, 0) is 11.3 Å². The molecule has 0 N–H and O–H groups in total. The van der Waals surface area contributed by atoms with Gasteiger partial charge in [-0.05, 0) is 50.7 Å². The Hall–Kier alpha value is -2.30. The summed E-state index contributed by atoms with van der Waals surface area (Å²) in [7, 11) is 1.62. The summed E-state index contributed by atoms with van der Waals surface area (Å²) in [6, 6.07) is 5.68. The number of hydrogen-bond acceptors (Lipinski definition) is 3. The van der Waals surface area contributed by atoms with Gasteiger partial charge in [-0.3, -0.25) is 9.59 Å². The molecular weight excluding hydrogens is 364 g/mol. The molecular formula is C24H36N2O3. The number of Topliss-reactive ketones (excluding diaryl/α,β-unsaturated/α-hetero) is 1. The van der Waals surface area contributed by atoms with Gasteiger partial charge in [-0.2, -0.15) is 0 Å². The van der Waals surface area contributed by atoms with Gasteiger partial charge in [0.25, 0.3) is 0 Å². The van der Waals surface area contributed by atoms with Crippen LogP contribution in [0.5, 0.6) is 5.75 Å². The van der Waals surface area contributed by atoms with Crippen LogP contribution in [0.3, 0.4) is 0 Å². The SMILES string of the molecule is COc1ccc2c(C(C)=O)c(C)n(CC(=O)N(CCC(C)C)CCC(C)C)c2c1. The van der Waals surface area contributed by atoms with Gasteiger partial charge >= 0.3 is 0 Å². The fraction of sp³-hybridized carbons (Fsp3) is 0.583. The van der Waals surface area contributed by atoms with E-state index in [9.17, 15) is 9.59 Å². The quantitative estimate of drug-likeness (QED) is 0.523. The van der Waals surface area contributed by atoms with Crippen LogP contribution in [0.25, 0.3) is 10.9 Å². The Morgan fingerprint density at radius 3 is 2.14 bits per heavy atom. The van der Waals surface area contributed by atoms with E-state index in [-0.39, 0.29) is 18.2 Å². The highest BCUT2D eigenvalue weighted by Gasteiger charge is 2.22. The van der Waals surface area contributed by atoms with Crippen molar-refractivity contribution in [3.63, 3.8) is 0 Å². The zero-order chi connectivity index (χ0) is 21.7. The summed E-state index contributed by atoms with van der Waals surface area (Å²) in [4.78, 5) is 27.5. The third-order valence-corrected chi connectivity index (χ3v) is 5.48. The van der Waals surface area contributed by atoms with Crippen LogP contribution in [0.1, 0.15) is 63.5 Å². The van der Waals surface area contributed by atoms with Gasteiger partial charge in [-0.15, -0.1) is 0 Å². The molecule has 1 aromatic heterocycles. The maximum atomic E-state index is 13.3. The molecule has 0 atom stereocenters. The molecule has 0 aliphatic rings. The minimum atomic E-state index is 0.0142. The normalized spacial score (nSPS) is 11.5. The Morgan fingerprint density at radius 2 is 1.66 bits per heavy atom. The van der Waals surface area contributed by atoms with Crippen molar-refractivity contribution >= 4 is 22.6 Å². The fourth-order valence-corrected chi connectivity index (χ4v) is 3.66. The minimum absolute atomic E-state index is 0.0142. The van der Waals surface area contributed by atoms with E-state index in [0.29, 0.717) is 17.4 Å². The minimum Gasteiger partial charge on any atom is -0.497 e. The Balaban J connectivity index is 2.39. The first-order valence-corrected chi connectivity index (χ1v) is 10.6. The van der Waals surface area contributed by atoms with Crippen molar-refractivity contribution in [1.29, 1.82) is 0 Å². The number of ether oxygens (including phenoxy) is 1. The van der Waals surface area contributed by atoms with Crippen LogP contribution in [0, 0.1) is 18.8 Å². The standard InChI is InChI=1S/C24H36N2O3/c1-16(2)10-12-25(13-11-17(3)4)23(28)15-26-18(5)24(19(6)27)21-9-8-20(29-7)14-22(21)26/h8-9,14,16-17H,10-13,15H2,1-7H3. The van der Waals surface area contributed by atoms with Crippen molar-refractivity contribution in [3.05, 3.63) is 29.5 Å². The Morgan fingerprint density at radius 1 is 1.07 bits per heavy atom. The van der Waals surface area contributed by atoms with E-state index >= 15 is 0 Å². The van der Waals surface area contributed by atoms with Gasteiger partial charge in [0, 0.05) is 35.8 Å². The Labute approximate surface area is 175 Å². The second-order valence-corrected chi connectivity index (χ2v) is 8.73. The van der Waals surface area contributed by atoms with Crippen LogP contribution in [0.2, 0.25) is 0 Å². The third kappa shape index (κ3) is 5.62. The molecule has 1 aromatic carbocycles. The van der Waals surface area contributed by atoms with E-state index in [1.165, 1.54) is 0 Å². The predicted octanol–water partition coefficient (Wildman–Crippen LogP) is 5.08. The van der Waals surface area contributed by atoms with E-state index in [1.54, 1.807) is 14.0 Å². The van der Waals surface area contributed by atoms with Crippen molar-refractivity contribution < 1.29 is 14.3 Å². The largest absolute Gasteiger partial charge is 0.497 e. The number of methoxy groups -OCH3 is 1. The smallest absolute Gasteiger partial charge is 0.242 e. The number of benzene rings is 1. The van der Waals surface area contributed by atoms with Crippen LogP contribution < -0.4 is 4.74 Å². The number of nitrogens with zero attached hydrogens (tertiary/aromatic N) is 2. The molecule has 29 heavy (non-hydrogen) atoms. The molecule has 0 aliphatic heterocycles. The first-order valence-electron chi connectivity index (χ1n) is 10.6. The number of carbonyl (C=O) groups is 2. The van der Waals surface area contributed by atoms with Gasteiger partial charge in [0.1, 0.15) is 12.3 Å². The van der Waals surface area contributed by atoms with Gasteiger partial charge in [0.05, 0.1) is 12.6 Å². The number of hydrogen-bond donors (Lipinski definition) is 0. The van der Waals surface area contributed by atoms with E-state index < -0.39 is 0 Å². The number of amides is 1. The van der Waals surface area contributed by atoms with E-state index in [0.717, 1.165) is 48.3 Å². The molecule has 0 saturated carbocycles. The average Bonchev–Trinajstić information content (AvgIpc) is 2.92. The van der Waals surface area contributed by atoms with Crippen LogP contribution in [-0.4, -0.2) is 41.4 Å². The number of ketones is 1. The van der Waals surface area contributed by atoms with E-state index in [1.807, 2.05) is 34.6 Å². The maximum Gasteiger partial charge on any atom is 0.242 e. The zero-order valence-electron chi connectivity index (χ0n) is 19.0. The molecule has 1 heterocycles. The first-order chi connectivity index (χ1) is 13.6. The van der Waals surface area contributed by atoms with Gasteiger partial charge in [-0.25, -0.2) is 0 Å². The summed E-state index contributed by atoms with van der Waals surface area (Å²) in [6.45, 7) is 14.0. The molecule has 2 rings (SSSR count). The van der Waals surface area contributed by atoms with Crippen molar-refractivity contribution in [2.24, 2.45) is 11.8 Å². The second-order valence-electron chi connectivity index (χ2n) is 8.73. The highest BCUT2D eigenvalue weighted by Crippen LogP contribution is 2.30. The van der Waals surface area contributed by atoms with Crippen LogP contribution in [0.4, 0.5) is 0 Å². The lowest BCUT2D eigenvalue weighted by Crippen LogP contribution is -2.36. The molecule has 2 aromatic rings. The second kappa shape index (κ2) is 9.95. The summed E-state index contributed by atoms with van der Waals surface area (Å²) in [5, 5.41) is 0.875. The number of fused-ring (bicyclic) bond motifs is 1. The summed E-state index contributed by atoms with van der Waals surface area (Å²) in [5.74, 6) is 1.93. The molecule has 0 fully saturated rings. The average molecular weight is 401 g/mol. The lowest BCUT2D eigenvalue weighted by atomic mass is 10.1. The number of aromatic nitrogens is 1. The van der Waals surface area contributed by atoms with Crippen molar-refractivity contribution in [1.82, 2.24) is 9.47 Å². The molecule has 0 saturated heterocycles. The highest BCUT2D eigenvalue weighted by atomic mass is 16.5. The lowest BCUT2D eigenvalue weighted by molar-refractivity contribution is -0.132. The van der Waals surface area contributed by atoms with Gasteiger partial charge in [-0.1, -0.05) is 27.7 Å². The van der Waals surface area contributed by atoms with Gasteiger partial charge in [0.2, 0.25) is 5.91 Å². The molecule has 5 heteroatoms. The molecule has 1 amide bonds. The molecule has 0 radical (unpaired) electrons. The Bertz CT molecular complexity index is 853. The Kier molecular flexibility index (Phi) is 7.88.